The SMILES string of the molecule is COc1ccc(CCC(=O)NCCCNC(=O)CCNC(=O)OC(C)(C)C)cc1. The molecule has 3 amide bonds. The van der Waals surface area contributed by atoms with Gasteiger partial charge in [0.1, 0.15) is 11.4 Å². The van der Waals surface area contributed by atoms with Gasteiger partial charge in [-0.05, 0) is 51.3 Å². The van der Waals surface area contributed by atoms with Gasteiger partial charge >= 0.3 is 6.09 Å². The molecule has 8 heteroatoms. The average molecular weight is 408 g/mol. The summed E-state index contributed by atoms with van der Waals surface area (Å²) in [6.07, 6.45) is 1.35. The first-order valence-corrected chi connectivity index (χ1v) is 9.83. The Hall–Kier alpha value is -2.77. The Balaban J connectivity index is 2.04. The molecule has 0 saturated carbocycles. The summed E-state index contributed by atoms with van der Waals surface area (Å²) in [5.74, 6) is 0.612. The van der Waals surface area contributed by atoms with Crippen LogP contribution in [0.4, 0.5) is 4.79 Å². The van der Waals surface area contributed by atoms with Crippen molar-refractivity contribution in [1.82, 2.24) is 16.0 Å². The molecule has 1 aromatic carbocycles. The van der Waals surface area contributed by atoms with Crippen molar-refractivity contribution in [3.05, 3.63) is 29.8 Å². The summed E-state index contributed by atoms with van der Waals surface area (Å²) in [7, 11) is 1.62. The predicted octanol–water partition coefficient (Wildman–Crippen LogP) is 2.17. The molecule has 1 aromatic rings. The maximum atomic E-state index is 11.9. The van der Waals surface area contributed by atoms with Gasteiger partial charge in [-0.25, -0.2) is 4.79 Å². The van der Waals surface area contributed by atoms with Gasteiger partial charge in [0.15, 0.2) is 0 Å². The van der Waals surface area contributed by atoms with Gasteiger partial charge in [-0.2, -0.15) is 0 Å². The number of carbonyl (C=O) groups is 3. The highest BCUT2D eigenvalue weighted by Crippen LogP contribution is 2.12. The first kappa shape index (κ1) is 24.3. The topological polar surface area (TPSA) is 106 Å². The summed E-state index contributed by atoms with van der Waals surface area (Å²) in [6, 6.07) is 7.64. The van der Waals surface area contributed by atoms with E-state index in [1.165, 1.54) is 0 Å². The molecule has 0 aliphatic heterocycles. The molecule has 0 aliphatic carbocycles. The Morgan fingerprint density at radius 1 is 0.862 bits per heavy atom. The molecule has 0 heterocycles. The molecule has 0 unspecified atom stereocenters. The Bertz CT molecular complexity index is 653. The molecular formula is C21H33N3O5. The summed E-state index contributed by atoms with van der Waals surface area (Å²) in [5.41, 5.74) is 0.513. The minimum absolute atomic E-state index is 0.0197. The summed E-state index contributed by atoms with van der Waals surface area (Å²) in [6.45, 7) is 6.50. The molecule has 162 valence electrons. The number of carbonyl (C=O) groups excluding carboxylic acids is 3. The Morgan fingerprint density at radius 2 is 1.45 bits per heavy atom. The fourth-order valence-electron chi connectivity index (χ4n) is 2.36. The number of alkyl carbamates (subject to hydrolysis) is 1. The number of benzene rings is 1. The molecule has 0 aromatic heterocycles. The highest BCUT2D eigenvalue weighted by atomic mass is 16.6. The molecule has 0 spiro atoms. The van der Waals surface area contributed by atoms with Gasteiger partial charge in [0.2, 0.25) is 11.8 Å². The molecule has 0 bridgehead atoms. The minimum Gasteiger partial charge on any atom is -0.497 e. The third-order valence-corrected chi connectivity index (χ3v) is 3.82. The molecule has 0 fully saturated rings. The van der Waals surface area contributed by atoms with Crippen LogP contribution in [0.15, 0.2) is 24.3 Å². The lowest BCUT2D eigenvalue weighted by Crippen LogP contribution is -2.35. The lowest BCUT2D eigenvalue weighted by Gasteiger charge is -2.19. The minimum atomic E-state index is -0.564. The Morgan fingerprint density at radius 3 is 2.00 bits per heavy atom. The smallest absolute Gasteiger partial charge is 0.407 e. The van der Waals surface area contributed by atoms with Crippen LogP contribution in [0, 0.1) is 0 Å². The van der Waals surface area contributed by atoms with Gasteiger partial charge in [0, 0.05) is 32.5 Å². The summed E-state index contributed by atoms with van der Waals surface area (Å²) in [4.78, 5) is 35.0. The van der Waals surface area contributed by atoms with E-state index >= 15 is 0 Å². The predicted molar refractivity (Wildman–Crippen MR) is 111 cm³/mol. The first-order chi connectivity index (χ1) is 13.7. The van der Waals surface area contributed by atoms with Gasteiger partial charge < -0.3 is 25.4 Å². The van der Waals surface area contributed by atoms with Crippen molar-refractivity contribution >= 4 is 17.9 Å². The number of nitrogens with one attached hydrogen (secondary N) is 3. The number of rotatable bonds is 11. The molecule has 3 N–H and O–H groups in total. The maximum absolute atomic E-state index is 11.9. The summed E-state index contributed by atoms with van der Waals surface area (Å²) < 4.78 is 10.2. The van der Waals surface area contributed by atoms with E-state index in [9.17, 15) is 14.4 Å². The standard InChI is InChI=1S/C21H33N3O5/c1-21(2,3)29-20(27)24-15-12-19(26)23-14-5-13-22-18(25)11-8-16-6-9-17(28-4)10-7-16/h6-7,9-10H,5,8,11-15H2,1-4H3,(H,22,25)(H,23,26)(H,24,27). The Labute approximate surface area is 172 Å². The van der Waals surface area contributed by atoms with E-state index < -0.39 is 11.7 Å². The van der Waals surface area contributed by atoms with Crippen molar-refractivity contribution in [2.45, 2.75) is 52.1 Å². The van der Waals surface area contributed by atoms with Crippen LogP contribution >= 0.6 is 0 Å². The molecule has 0 aliphatic rings. The maximum Gasteiger partial charge on any atom is 0.407 e. The number of amides is 3. The van der Waals surface area contributed by atoms with Crippen molar-refractivity contribution in [3.63, 3.8) is 0 Å². The largest absolute Gasteiger partial charge is 0.497 e. The van der Waals surface area contributed by atoms with Crippen LogP contribution in [-0.2, 0) is 20.7 Å². The van der Waals surface area contributed by atoms with Crippen molar-refractivity contribution in [2.75, 3.05) is 26.7 Å². The lowest BCUT2D eigenvalue weighted by molar-refractivity contribution is -0.121. The zero-order valence-electron chi connectivity index (χ0n) is 17.8. The monoisotopic (exact) mass is 407 g/mol. The highest BCUT2D eigenvalue weighted by Gasteiger charge is 2.15. The van der Waals surface area contributed by atoms with Gasteiger partial charge in [-0.15, -0.1) is 0 Å². The van der Waals surface area contributed by atoms with Crippen LogP contribution < -0.4 is 20.7 Å². The van der Waals surface area contributed by atoms with Crippen LogP contribution in [-0.4, -0.2) is 50.3 Å². The van der Waals surface area contributed by atoms with E-state index in [-0.39, 0.29) is 24.8 Å². The number of aryl methyl sites for hydroxylation is 1. The third-order valence-electron chi connectivity index (χ3n) is 3.82. The molecular weight excluding hydrogens is 374 g/mol. The number of methoxy groups -OCH3 is 1. The second-order valence-corrected chi connectivity index (χ2v) is 7.58. The van der Waals surface area contributed by atoms with Crippen LogP contribution in [0.3, 0.4) is 0 Å². The van der Waals surface area contributed by atoms with Gasteiger partial charge in [0.05, 0.1) is 7.11 Å². The zero-order chi connectivity index (χ0) is 21.7. The van der Waals surface area contributed by atoms with Crippen LogP contribution in [0.5, 0.6) is 5.75 Å². The molecule has 0 radical (unpaired) electrons. The molecule has 0 saturated heterocycles. The average Bonchev–Trinajstić information content (AvgIpc) is 2.65. The zero-order valence-corrected chi connectivity index (χ0v) is 17.8. The molecule has 8 nitrogen and oxygen atoms in total. The second kappa shape index (κ2) is 12.6. The summed E-state index contributed by atoms with van der Waals surface area (Å²) >= 11 is 0. The molecule has 0 atom stereocenters. The van der Waals surface area contributed by atoms with E-state index in [1.54, 1.807) is 27.9 Å². The Kier molecular flexibility index (Phi) is 10.6. The quantitative estimate of drug-likeness (QED) is 0.488. The van der Waals surface area contributed by atoms with Gasteiger partial charge in [0.25, 0.3) is 0 Å². The van der Waals surface area contributed by atoms with Crippen molar-refractivity contribution < 1.29 is 23.9 Å². The van der Waals surface area contributed by atoms with E-state index in [0.717, 1.165) is 11.3 Å². The van der Waals surface area contributed by atoms with Crippen LogP contribution in [0.2, 0.25) is 0 Å². The van der Waals surface area contributed by atoms with Crippen LogP contribution in [0.25, 0.3) is 0 Å². The van der Waals surface area contributed by atoms with Gasteiger partial charge in [-0.1, -0.05) is 12.1 Å². The van der Waals surface area contributed by atoms with Crippen molar-refractivity contribution in [1.29, 1.82) is 0 Å². The molecule has 29 heavy (non-hydrogen) atoms. The number of ether oxygens (including phenoxy) is 2. The summed E-state index contributed by atoms with van der Waals surface area (Å²) in [5, 5.41) is 8.13. The lowest BCUT2D eigenvalue weighted by atomic mass is 10.1. The van der Waals surface area contributed by atoms with Crippen LogP contribution in [0.1, 0.15) is 45.6 Å². The normalized spacial score (nSPS) is 10.8. The first-order valence-electron chi connectivity index (χ1n) is 9.83. The number of hydrogen-bond donors (Lipinski definition) is 3. The third kappa shape index (κ3) is 12.3. The fourth-order valence-corrected chi connectivity index (χ4v) is 2.36. The van der Waals surface area contributed by atoms with Crippen molar-refractivity contribution in [2.24, 2.45) is 0 Å². The second-order valence-electron chi connectivity index (χ2n) is 7.58. The molecule has 1 rings (SSSR count). The highest BCUT2D eigenvalue weighted by molar-refractivity contribution is 5.77. The van der Waals surface area contributed by atoms with Gasteiger partial charge in [-0.3, -0.25) is 9.59 Å². The van der Waals surface area contributed by atoms with E-state index in [2.05, 4.69) is 16.0 Å². The van der Waals surface area contributed by atoms with Crippen molar-refractivity contribution in [3.8, 4) is 5.75 Å². The van der Waals surface area contributed by atoms with E-state index in [4.69, 9.17) is 9.47 Å². The van der Waals surface area contributed by atoms with E-state index in [1.807, 2.05) is 24.3 Å². The number of hydrogen-bond acceptors (Lipinski definition) is 5. The fraction of sp³-hybridized carbons (Fsp3) is 0.571. The van der Waals surface area contributed by atoms with E-state index in [0.29, 0.717) is 32.4 Å².